The largest absolute Gasteiger partial charge is 0.480 e. The molecule has 1 aliphatic heterocycles. The van der Waals surface area contributed by atoms with Crippen LogP contribution in [0.25, 0.3) is 10.9 Å². The van der Waals surface area contributed by atoms with Crippen LogP contribution < -0.4 is 0 Å². The highest BCUT2D eigenvalue weighted by Crippen LogP contribution is 2.30. The molecular formula is C20H22N4O3. The maximum atomic E-state index is 12.8. The highest BCUT2D eigenvalue weighted by Gasteiger charge is 2.36. The number of aromatic amines is 1. The van der Waals surface area contributed by atoms with Gasteiger partial charge in [-0.05, 0) is 11.6 Å². The topological polar surface area (TPSA) is 91.2 Å². The van der Waals surface area contributed by atoms with Gasteiger partial charge in [-0.15, -0.1) is 0 Å². The monoisotopic (exact) mass is 366 g/mol. The number of hydrogen-bond acceptors (Lipinski definition) is 3. The van der Waals surface area contributed by atoms with Crippen molar-refractivity contribution in [3.63, 3.8) is 0 Å². The summed E-state index contributed by atoms with van der Waals surface area (Å²) in [7, 11) is 0. The van der Waals surface area contributed by atoms with Gasteiger partial charge in [0.25, 0.3) is 0 Å². The molecule has 7 heteroatoms. The summed E-state index contributed by atoms with van der Waals surface area (Å²) in [5.74, 6) is -0.187. The van der Waals surface area contributed by atoms with Crippen LogP contribution in [0.2, 0.25) is 0 Å². The molecule has 1 aromatic carbocycles. The predicted molar refractivity (Wildman–Crippen MR) is 100 cm³/mol. The molecule has 0 saturated heterocycles. The second-order valence-corrected chi connectivity index (χ2v) is 6.85. The van der Waals surface area contributed by atoms with Gasteiger partial charge in [0.05, 0.1) is 6.54 Å². The first-order chi connectivity index (χ1) is 13.1. The molecule has 3 heterocycles. The first kappa shape index (κ1) is 17.3. The number of fused-ring (bicyclic) bond motifs is 3. The van der Waals surface area contributed by atoms with Gasteiger partial charge >= 0.3 is 5.97 Å². The minimum atomic E-state index is -0.962. The zero-order chi connectivity index (χ0) is 19.0. The SMILES string of the molecule is CCc1nccn1CCC(=O)N1Cc2[nH]c3ccccc3c2C[C@H]1C(=O)O. The van der Waals surface area contributed by atoms with Gasteiger partial charge in [0.1, 0.15) is 11.9 Å². The van der Waals surface area contributed by atoms with Crippen LogP contribution in [0.15, 0.2) is 36.7 Å². The van der Waals surface area contributed by atoms with Crippen molar-refractivity contribution in [2.45, 2.75) is 45.3 Å². The van der Waals surface area contributed by atoms with Crippen molar-refractivity contribution in [3.05, 3.63) is 53.7 Å². The van der Waals surface area contributed by atoms with Crippen molar-refractivity contribution in [3.8, 4) is 0 Å². The highest BCUT2D eigenvalue weighted by molar-refractivity contribution is 5.89. The van der Waals surface area contributed by atoms with E-state index >= 15 is 0 Å². The molecule has 0 bridgehead atoms. The number of carboxylic acids is 1. The summed E-state index contributed by atoms with van der Waals surface area (Å²) < 4.78 is 1.95. The van der Waals surface area contributed by atoms with E-state index in [9.17, 15) is 14.7 Å². The van der Waals surface area contributed by atoms with Crippen molar-refractivity contribution < 1.29 is 14.7 Å². The Morgan fingerprint density at radius 3 is 2.93 bits per heavy atom. The molecule has 4 rings (SSSR count). The Bertz CT molecular complexity index is 1000. The van der Waals surface area contributed by atoms with Gasteiger partial charge < -0.3 is 19.6 Å². The number of H-pyrrole nitrogens is 1. The summed E-state index contributed by atoms with van der Waals surface area (Å²) in [6.07, 6.45) is 4.95. The fourth-order valence-corrected chi connectivity index (χ4v) is 3.91. The van der Waals surface area contributed by atoms with E-state index in [4.69, 9.17) is 0 Å². The van der Waals surface area contributed by atoms with Crippen LogP contribution >= 0.6 is 0 Å². The van der Waals surface area contributed by atoms with Crippen LogP contribution in [-0.4, -0.2) is 42.5 Å². The van der Waals surface area contributed by atoms with Crippen LogP contribution in [0.1, 0.15) is 30.4 Å². The number of nitrogens with zero attached hydrogens (tertiary/aromatic N) is 3. The number of para-hydroxylation sites is 1. The molecule has 7 nitrogen and oxygen atoms in total. The first-order valence-electron chi connectivity index (χ1n) is 9.19. The predicted octanol–water partition coefficient (Wildman–Crippen LogP) is 2.35. The van der Waals surface area contributed by atoms with E-state index in [0.29, 0.717) is 19.5 Å². The van der Waals surface area contributed by atoms with Gasteiger partial charge in [0.2, 0.25) is 5.91 Å². The number of amides is 1. The van der Waals surface area contributed by atoms with Gasteiger partial charge in [-0.25, -0.2) is 9.78 Å². The molecule has 0 spiro atoms. The number of imidazole rings is 1. The summed E-state index contributed by atoms with van der Waals surface area (Å²) in [6, 6.07) is 7.02. The number of hydrogen-bond donors (Lipinski definition) is 2. The molecule has 2 N–H and O–H groups in total. The lowest BCUT2D eigenvalue weighted by Gasteiger charge is -2.33. The van der Waals surface area contributed by atoms with E-state index in [1.54, 1.807) is 6.20 Å². The van der Waals surface area contributed by atoms with Crippen molar-refractivity contribution in [2.24, 2.45) is 0 Å². The van der Waals surface area contributed by atoms with Gasteiger partial charge in [0, 0.05) is 54.8 Å². The van der Waals surface area contributed by atoms with E-state index in [1.165, 1.54) is 4.90 Å². The minimum Gasteiger partial charge on any atom is -0.480 e. The first-order valence-corrected chi connectivity index (χ1v) is 9.19. The minimum absolute atomic E-state index is 0.151. The van der Waals surface area contributed by atoms with Crippen molar-refractivity contribution in [1.82, 2.24) is 19.4 Å². The maximum Gasteiger partial charge on any atom is 0.326 e. The lowest BCUT2D eigenvalue weighted by molar-refractivity contribution is -0.151. The quantitative estimate of drug-likeness (QED) is 0.725. The third-order valence-corrected chi connectivity index (χ3v) is 5.29. The number of benzene rings is 1. The molecule has 0 aliphatic carbocycles. The maximum absolute atomic E-state index is 12.8. The molecule has 0 fully saturated rings. The fourth-order valence-electron chi connectivity index (χ4n) is 3.91. The molecular weight excluding hydrogens is 344 g/mol. The standard InChI is InChI=1S/C20H22N4O3/c1-2-18-21-8-10-23(18)9-7-19(25)24-12-16-14(11-17(24)20(26)27)13-5-3-4-6-15(13)22-16/h3-6,8,10,17,22H,2,7,9,11-12H2,1H3,(H,26,27)/t17-/m0/s1. The summed E-state index contributed by atoms with van der Waals surface area (Å²) in [5, 5.41) is 10.7. The molecule has 2 aromatic heterocycles. The van der Waals surface area contributed by atoms with Crippen molar-refractivity contribution >= 4 is 22.8 Å². The van der Waals surface area contributed by atoms with E-state index in [1.807, 2.05) is 42.0 Å². The average Bonchev–Trinajstić information content (AvgIpc) is 3.28. The second kappa shape index (κ2) is 6.90. The van der Waals surface area contributed by atoms with Gasteiger partial charge in [-0.2, -0.15) is 0 Å². The fraction of sp³-hybridized carbons (Fsp3) is 0.350. The Morgan fingerprint density at radius 1 is 1.33 bits per heavy atom. The molecule has 0 unspecified atom stereocenters. The number of aliphatic carboxylic acids is 1. The van der Waals surface area contributed by atoms with Crippen LogP contribution in [0.5, 0.6) is 0 Å². The van der Waals surface area contributed by atoms with E-state index in [2.05, 4.69) is 9.97 Å². The summed E-state index contributed by atoms with van der Waals surface area (Å²) >= 11 is 0. The highest BCUT2D eigenvalue weighted by atomic mass is 16.4. The molecule has 140 valence electrons. The lowest BCUT2D eigenvalue weighted by atomic mass is 9.96. The number of aryl methyl sites for hydroxylation is 2. The smallest absolute Gasteiger partial charge is 0.326 e. The van der Waals surface area contributed by atoms with Crippen molar-refractivity contribution in [2.75, 3.05) is 0 Å². The zero-order valence-electron chi connectivity index (χ0n) is 15.2. The molecule has 1 aliphatic rings. The van der Waals surface area contributed by atoms with E-state index < -0.39 is 12.0 Å². The number of carbonyl (C=O) groups is 2. The molecule has 0 saturated carbocycles. The van der Waals surface area contributed by atoms with Crippen LogP contribution in [-0.2, 0) is 35.5 Å². The Hall–Kier alpha value is -3.09. The summed E-state index contributed by atoms with van der Waals surface area (Å²) in [4.78, 5) is 33.8. The van der Waals surface area contributed by atoms with Crippen LogP contribution in [0.3, 0.4) is 0 Å². The lowest BCUT2D eigenvalue weighted by Crippen LogP contribution is -2.48. The number of carbonyl (C=O) groups excluding carboxylic acids is 1. The van der Waals surface area contributed by atoms with Crippen LogP contribution in [0, 0.1) is 0 Å². The van der Waals surface area contributed by atoms with Gasteiger partial charge in [-0.3, -0.25) is 4.79 Å². The zero-order valence-corrected chi connectivity index (χ0v) is 15.2. The average molecular weight is 366 g/mol. The Morgan fingerprint density at radius 2 is 2.15 bits per heavy atom. The van der Waals surface area contributed by atoms with Gasteiger partial charge in [-0.1, -0.05) is 25.1 Å². The normalized spacial score (nSPS) is 16.5. The number of aromatic nitrogens is 3. The number of rotatable bonds is 5. The molecule has 1 amide bonds. The van der Waals surface area contributed by atoms with Gasteiger partial charge in [0.15, 0.2) is 0 Å². The van der Waals surface area contributed by atoms with E-state index in [0.717, 1.165) is 34.4 Å². The third-order valence-electron chi connectivity index (χ3n) is 5.29. The summed E-state index contributed by atoms with van der Waals surface area (Å²) in [5.41, 5.74) is 2.91. The third kappa shape index (κ3) is 3.09. The molecule has 3 aromatic rings. The molecule has 27 heavy (non-hydrogen) atoms. The summed E-state index contributed by atoms with van der Waals surface area (Å²) in [6.45, 7) is 2.82. The number of nitrogens with one attached hydrogen (secondary N) is 1. The Balaban J connectivity index is 1.57. The molecule has 0 radical (unpaired) electrons. The van der Waals surface area contributed by atoms with Crippen molar-refractivity contribution in [1.29, 1.82) is 0 Å². The van der Waals surface area contributed by atoms with E-state index in [-0.39, 0.29) is 12.3 Å². The Kier molecular flexibility index (Phi) is 4.43. The van der Waals surface area contributed by atoms with Crippen LogP contribution in [0.4, 0.5) is 0 Å². The second-order valence-electron chi connectivity index (χ2n) is 6.85. The Labute approximate surface area is 156 Å². The molecule has 1 atom stereocenters. The number of carboxylic acid groups (broad SMARTS) is 1.